The molecule has 0 unspecified atom stereocenters. The van der Waals surface area contributed by atoms with Crippen LogP contribution in [0.15, 0.2) is 84.9 Å². The number of aromatic nitrogens is 2. The van der Waals surface area contributed by atoms with Crippen LogP contribution in [0, 0.1) is 17.9 Å². The number of fused-ring (bicyclic) bond motifs is 5. The van der Waals surface area contributed by atoms with Crippen molar-refractivity contribution in [3.05, 3.63) is 96.5 Å². The van der Waals surface area contributed by atoms with Crippen LogP contribution in [0.25, 0.3) is 53.1 Å². The molecule has 47 heavy (non-hydrogen) atoms. The molecule has 0 atom stereocenters. The second-order valence-corrected chi connectivity index (χ2v) is 14.1. The molecule has 1 radical (unpaired) electrons. The van der Waals surface area contributed by atoms with Crippen LogP contribution < -0.4 is 0 Å². The second kappa shape index (κ2) is 15.6. The minimum atomic E-state index is 0. The maximum Gasteiger partial charge on any atom is 0.162 e. The SMILES string of the molecule is CC(C)(C)c1cc(-c2ncnc3c2sc2cc4ccccc4cc23)[c-]c2ccccc12.CCC(CC)C(=O)/C=C(\O)C(CC)CC.[Ir]. The summed E-state index contributed by atoms with van der Waals surface area (Å²) in [6, 6.07) is 27.4. The van der Waals surface area contributed by atoms with Gasteiger partial charge in [0.05, 0.1) is 11.3 Å². The van der Waals surface area contributed by atoms with E-state index in [1.165, 1.54) is 37.9 Å². The van der Waals surface area contributed by atoms with E-state index < -0.39 is 0 Å². The normalized spacial score (nSPS) is 12.1. The van der Waals surface area contributed by atoms with Gasteiger partial charge >= 0.3 is 0 Å². The molecule has 6 heteroatoms. The van der Waals surface area contributed by atoms with Crippen molar-refractivity contribution in [3.63, 3.8) is 0 Å². The quantitative estimate of drug-likeness (QED) is 0.0944. The number of hydrogen-bond acceptors (Lipinski definition) is 5. The minimum absolute atomic E-state index is 0. The third kappa shape index (κ3) is 7.83. The Balaban J connectivity index is 0.000000269. The largest absolute Gasteiger partial charge is 0.512 e. The third-order valence-corrected chi connectivity index (χ3v) is 10.2. The van der Waals surface area contributed by atoms with Crippen LogP contribution in [-0.2, 0) is 30.3 Å². The van der Waals surface area contributed by atoms with E-state index in [4.69, 9.17) is 4.98 Å². The number of carbonyl (C=O) groups is 1. The van der Waals surface area contributed by atoms with Gasteiger partial charge in [-0.25, -0.2) is 4.98 Å². The zero-order chi connectivity index (χ0) is 33.0. The summed E-state index contributed by atoms with van der Waals surface area (Å²) in [6.07, 6.45) is 6.60. The number of carbonyl (C=O) groups excluding carboxylic acids is 1. The monoisotopic (exact) mass is 822 g/mol. The number of thiophene rings is 1. The molecule has 6 aromatic rings. The van der Waals surface area contributed by atoms with E-state index >= 15 is 0 Å². The predicted octanol–water partition coefficient (Wildman–Crippen LogP) is 11.8. The van der Waals surface area contributed by atoms with E-state index in [0.29, 0.717) is 0 Å². The number of ketones is 1. The van der Waals surface area contributed by atoms with Crippen molar-refractivity contribution in [1.82, 2.24) is 9.97 Å². The fourth-order valence-electron chi connectivity index (χ4n) is 6.21. The molecule has 0 fully saturated rings. The smallest absolute Gasteiger partial charge is 0.162 e. The summed E-state index contributed by atoms with van der Waals surface area (Å²) >= 11 is 1.77. The molecule has 247 valence electrons. The van der Waals surface area contributed by atoms with Crippen LogP contribution in [0.4, 0.5) is 0 Å². The first-order valence-electron chi connectivity index (χ1n) is 16.6. The number of aliphatic hydroxyl groups excluding tert-OH is 1. The Hall–Kier alpha value is -3.44. The van der Waals surface area contributed by atoms with Crippen LogP contribution in [0.1, 0.15) is 79.7 Å². The molecule has 1 N–H and O–H groups in total. The Morgan fingerprint density at radius 2 is 1.47 bits per heavy atom. The number of aliphatic hydroxyl groups is 1. The first-order valence-corrected chi connectivity index (χ1v) is 17.4. The number of allylic oxidation sites excluding steroid dienone is 2. The Kier molecular flexibility index (Phi) is 12.1. The fraction of sp³-hybridized carbons (Fsp3) is 0.341. The molecular formula is C41H45IrN2O2S-. The summed E-state index contributed by atoms with van der Waals surface area (Å²) in [6.45, 7) is 14.9. The van der Waals surface area contributed by atoms with Crippen LogP contribution in [0.5, 0.6) is 0 Å². The van der Waals surface area contributed by atoms with Gasteiger partial charge in [-0.1, -0.05) is 102 Å². The van der Waals surface area contributed by atoms with E-state index in [2.05, 4.69) is 98.6 Å². The third-order valence-electron chi connectivity index (χ3n) is 9.04. The van der Waals surface area contributed by atoms with Crippen molar-refractivity contribution in [3.8, 4) is 11.3 Å². The molecule has 6 rings (SSSR count). The average Bonchev–Trinajstić information content (AvgIpc) is 3.41. The van der Waals surface area contributed by atoms with E-state index in [9.17, 15) is 9.90 Å². The molecule has 0 aliphatic heterocycles. The van der Waals surface area contributed by atoms with Crippen molar-refractivity contribution in [1.29, 1.82) is 0 Å². The summed E-state index contributed by atoms with van der Waals surface area (Å²) in [5, 5.41) is 15.8. The van der Waals surface area contributed by atoms with Gasteiger partial charge in [-0.05, 0) is 54.0 Å². The molecule has 4 aromatic carbocycles. The first kappa shape index (κ1) is 36.4. The second-order valence-electron chi connectivity index (χ2n) is 13.1. The van der Waals surface area contributed by atoms with Crippen LogP contribution in [-0.4, -0.2) is 20.9 Å². The van der Waals surface area contributed by atoms with E-state index in [1.54, 1.807) is 17.7 Å². The number of rotatable bonds is 8. The van der Waals surface area contributed by atoms with Crippen molar-refractivity contribution in [2.45, 2.75) is 79.6 Å². The van der Waals surface area contributed by atoms with E-state index in [1.807, 2.05) is 27.7 Å². The Morgan fingerprint density at radius 1 is 0.851 bits per heavy atom. The molecule has 0 saturated heterocycles. The molecule has 0 saturated carbocycles. The molecule has 0 spiro atoms. The standard InChI is InChI=1S/C28H21N2S.C13H24O2.Ir/c1-28(2,3)23-14-20(12-19-10-6-7-11-21(19)23)25-27-26(30-16-29-25)22-13-17-8-4-5-9-18(17)15-24(22)31-27;1-5-10(6-2)12(14)9-13(15)11(7-3)8-4;/h4-11,13-16H,1-3H3;9-11,14H,5-8H2,1-4H3;/q-1;;/b;12-9-;. The van der Waals surface area contributed by atoms with Gasteiger partial charge in [0.15, 0.2) is 5.78 Å². The minimum Gasteiger partial charge on any atom is -0.512 e. The molecule has 0 bridgehead atoms. The summed E-state index contributed by atoms with van der Waals surface area (Å²) in [5.41, 5.74) is 4.36. The van der Waals surface area contributed by atoms with Gasteiger partial charge in [0, 0.05) is 58.5 Å². The van der Waals surface area contributed by atoms with Gasteiger partial charge in [0.1, 0.15) is 6.33 Å². The summed E-state index contributed by atoms with van der Waals surface area (Å²) in [4.78, 5) is 21.1. The van der Waals surface area contributed by atoms with Gasteiger partial charge in [-0.2, -0.15) is 0 Å². The predicted molar refractivity (Wildman–Crippen MR) is 197 cm³/mol. The number of nitrogens with zero attached hydrogens (tertiary/aromatic N) is 2. The van der Waals surface area contributed by atoms with Gasteiger partial charge in [0.25, 0.3) is 0 Å². The number of benzene rings is 4. The maximum absolute atomic E-state index is 11.7. The molecule has 2 aromatic heterocycles. The topological polar surface area (TPSA) is 63.1 Å². The summed E-state index contributed by atoms with van der Waals surface area (Å²) in [7, 11) is 0. The van der Waals surface area contributed by atoms with Crippen LogP contribution in [0.2, 0.25) is 0 Å². The fourth-order valence-corrected chi connectivity index (χ4v) is 7.40. The van der Waals surface area contributed by atoms with Gasteiger partial charge < -0.3 is 5.11 Å². The van der Waals surface area contributed by atoms with Crippen molar-refractivity contribution in [2.24, 2.45) is 11.8 Å². The molecule has 2 heterocycles. The molecule has 0 aliphatic rings. The Bertz CT molecular complexity index is 2030. The molecule has 0 amide bonds. The van der Waals surface area contributed by atoms with E-state index in [0.717, 1.165) is 52.5 Å². The van der Waals surface area contributed by atoms with Crippen molar-refractivity contribution >= 4 is 59.0 Å². The summed E-state index contributed by atoms with van der Waals surface area (Å²) in [5.74, 6) is 0.547. The number of hydrogen-bond donors (Lipinski definition) is 1. The molecule has 0 aliphatic carbocycles. The van der Waals surface area contributed by atoms with Crippen molar-refractivity contribution < 1.29 is 30.0 Å². The Labute approximate surface area is 296 Å². The molecule has 4 nitrogen and oxygen atoms in total. The van der Waals surface area contributed by atoms with Gasteiger partial charge in [-0.15, -0.1) is 40.5 Å². The van der Waals surface area contributed by atoms with Crippen LogP contribution >= 0.6 is 11.3 Å². The Morgan fingerprint density at radius 3 is 2.11 bits per heavy atom. The van der Waals surface area contributed by atoms with E-state index in [-0.39, 0.29) is 48.9 Å². The molecular weight excluding hydrogens is 777 g/mol. The first-order chi connectivity index (χ1) is 22.1. The maximum atomic E-state index is 11.7. The zero-order valence-electron chi connectivity index (χ0n) is 28.5. The van der Waals surface area contributed by atoms with Gasteiger partial charge in [0.2, 0.25) is 0 Å². The zero-order valence-corrected chi connectivity index (χ0v) is 31.7. The average molecular weight is 822 g/mol. The summed E-state index contributed by atoms with van der Waals surface area (Å²) < 4.78 is 2.37. The van der Waals surface area contributed by atoms with Gasteiger partial charge in [-0.3, -0.25) is 9.78 Å². The van der Waals surface area contributed by atoms with Crippen molar-refractivity contribution in [2.75, 3.05) is 0 Å². The van der Waals surface area contributed by atoms with Crippen LogP contribution in [0.3, 0.4) is 0 Å².